The summed E-state index contributed by atoms with van der Waals surface area (Å²) >= 11 is 5.24. The van der Waals surface area contributed by atoms with Gasteiger partial charge in [-0.1, -0.05) is 0 Å². The van der Waals surface area contributed by atoms with Crippen molar-refractivity contribution >= 4 is 29.5 Å². The van der Waals surface area contributed by atoms with Gasteiger partial charge in [-0.15, -0.1) is 0 Å². The zero-order valence-corrected chi connectivity index (χ0v) is 11.5. The lowest BCUT2D eigenvalue weighted by atomic mass is 9.98. The van der Waals surface area contributed by atoms with E-state index >= 15 is 0 Å². The Morgan fingerprint density at radius 2 is 2.18 bits per heavy atom. The van der Waals surface area contributed by atoms with Crippen LogP contribution in [0.15, 0.2) is 9.82 Å². The molecule has 0 aromatic carbocycles. The molecule has 1 atom stereocenters. The second kappa shape index (κ2) is 4.86. The van der Waals surface area contributed by atoms with Crippen LogP contribution in [-0.2, 0) is 11.8 Å². The van der Waals surface area contributed by atoms with Gasteiger partial charge in [0, 0.05) is 7.05 Å². The van der Waals surface area contributed by atoms with Crippen molar-refractivity contribution in [3.8, 4) is 0 Å². The molecule has 6 heteroatoms. The molecule has 0 saturated heterocycles. The standard InChI is InChI=1S/C11H14N2O2S2/c1-6-12-9-8(10(14)13(6)2)7(4-3-5-16)11(15)17-9/h7,16H,3-5H2,1-2H3. The van der Waals surface area contributed by atoms with Gasteiger partial charge in [0.15, 0.2) is 0 Å². The minimum atomic E-state index is -0.297. The molecule has 4 nitrogen and oxygen atoms in total. The highest BCUT2D eigenvalue weighted by atomic mass is 32.2. The van der Waals surface area contributed by atoms with E-state index in [4.69, 9.17) is 0 Å². The van der Waals surface area contributed by atoms with Gasteiger partial charge in [-0.05, 0) is 37.3 Å². The quantitative estimate of drug-likeness (QED) is 0.668. The molecule has 0 aliphatic carbocycles. The summed E-state index contributed by atoms with van der Waals surface area (Å²) in [7, 11) is 1.69. The zero-order valence-electron chi connectivity index (χ0n) is 9.77. The van der Waals surface area contributed by atoms with Gasteiger partial charge < -0.3 is 0 Å². The van der Waals surface area contributed by atoms with E-state index in [9.17, 15) is 9.59 Å². The van der Waals surface area contributed by atoms with Crippen LogP contribution in [-0.4, -0.2) is 20.4 Å². The molecule has 1 aliphatic rings. The van der Waals surface area contributed by atoms with Crippen LogP contribution in [0.1, 0.15) is 30.1 Å². The second-order valence-electron chi connectivity index (χ2n) is 4.08. The number of aryl methyl sites for hydroxylation is 1. The molecule has 92 valence electrons. The van der Waals surface area contributed by atoms with E-state index in [-0.39, 0.29) is 16.6 Å². The number of carbonyl (C=O) groups excluding carboxylic acids is 1. The largest absolute Gasteiger partial charge is 0.300 e. The summed E-state index contributed by atoms with van der Waals surface area (Å²) in [5.41, 5.74) is 0.491. The van der Waals surface area contributed by atoms with Crippen molar-refractivity contribution < 1.29 is 4.79 Å². The van der Waals surface area contributed by atoms with E-state index in [1.54, 1.807) is 14.0 Å². The topological polar surface area (TPSA) is 52.0 Å². The van der Waals surface area contributed by atoms with E-state index in [2.05, 4.69) is 17.6 Å². The van der Waals surface area contributed by atoms with Crippen LogP contribution in [0.25, 0.3) is 0 Å². The highest BCUT2D eigenvalue weighted by molar-refractivity contribution is 8.14. The molecule has 1 aliphatic heterocycles. The Balaban J connectivity index is 2.48. The summed E-state index contributed by atoms with van der Waals surface area (Å²) in [6.07, 6.45) is 1.51. The van der Waals surface area contributed by atoms with E-state index in [1.165, 1.54) is 4.57 Å². The number of hydrogen-bond donors (Lipinski definition) is 1. The SMILES string of the molecule is Cc1nc2c(c(=O)n1C)C(CCCS)C(=O)S2. The van der Waals surface area contributed by atoms with Crippen molar-refractivity contribution in [2.24, 2.45) is 7.05 Å². The van der Waals surface area contributed by atoms with Gasteiger partial charge in [0.2, 0.25) is 5.12 Å². The third-order valence-corrected chi connectivity index (χ3v) is 4.30. The van der Waals surface area contributed by atoms with Crippen LogP contribution in [0.3, 0.4) is 0 Å². The smallest absolute Gasteiger partial charge is 0.258 e. The van der Waals surface area contributed by atoms with Crippen LogP contribution in [0.2, 0.25) is 0 Å². The third-order valence-electron chi connectivity index (χ3n) is 3.00. The summed E-state index contributed by atoms with van der Waals surface area (Å²) in [6, 6.07) is 0. The van der Waals surface area contributed by atoms with Gasteiger partial charge in [-0.25, -0.2) is 4.98 Å². The average Bonchev–Trinajstić information content (AvgIpc) is 2.59. The van der Waals surface area contributed by atoms with Gasteiger partial charge in [-0.2, -0.15) is 12.6 Å². The maximum atomic E-state index is 12.1. The number of carbonyl (C=O) groups is 1. The van der Waals surface area contributed by atoms with Crippen LogP contribution in [0.5, 0.6) is 0 Å². The summed E-state index contributed by atoms with van der Waals surface area (Å²) in [5, 5.41) is 0.636. The van der Waals surface area contributed by atoms with Gasteiger partial charge >= 0.3 is 0 Å². The highest BCUT2D eigenvalue weighted by Crippen LogP contribution is 2.40. The van der Waals surface area contributed by atoms with E-state index < -0.39 is 0 Å². The molecule has 2 heterocycles. The first kappa shape index (κ1) is 12.7. The average molecular weight is 270 g/mol. The summed E-state index contributed by atoms with van der Waals surface area (Å²) in [4.78, 5) is 28.3. The number of thioether (sulfide) groups is 1. The number of nitrogens with zero attached hydrogens (tertiary/aromatic N) is 2. The molecule has 0 amide bonds. The summed E-state index contributed by atoms with van der Waals surface area (Å²) in [5.74, 6) is 1.07. The molecule has 17 heavy (non-hydrogen) atoms. The predicted octanol–water partition coefficient (Wildman–Crippen LogP) is 1.51. The summed E-state index contributed by atoms with van der Waals surface area (Å²) < 4.78 is 1.51. The van der Waals surface area contributed by atoms with E-state index in [1.807, 2.05) is 0 Å². The number of fused-ring (bicyclic) bond motifs is 1. The highest BCUT2D eigenvalue weighted by Gasteiger charge is 2.35. The molecule has 0 N–H and O–H groups in total. The molecule has 0 saturated carbocycles. The molecule has 0 bridgehead atoms. The minimum absolute atomic E-state index is 0.0389. The molecule has 0 spiro atoms. The molecule has 1 unspecified atom stereocenters. The van der Waals surface area contributed by atoms with Crippen LogP contribution in [0, 0.1) is 6.92 Å². The maximum Gasteiger partial charge on any atom is 0.258 e. The van der Waals surface area contributed by atoms with Gasteiger partial charge in [0.25, 0.3) is 5.56 Å². The number of aromatic nitrogens is 2. The number of thiol groups is 1. The number of hydrogen-bond acceptors (Lipinski definition) is 5. The Hall–Kier alpha value is -0.750. The Labute approximate surface area is 109 Å². The lowest BCUT2D eigenvalue weighted by Gasteiger charge is -2.09. The fourth-order valence-electron chi connectivity index (χ4n) is 1.92. The predicted molar refractivity (Wildman–Crippen MR) is 70.9 cm³/mol. The van der Waals surface area contributed by atoms with Crippen molar-refractivity contribution in [3.05, 3.63) is 21.7 Å². The lowest BCUT2D eigenvalue weighted by Crippen LogP contribution is -2.26. The second-order valence-corrected chi connectivity index (χ2v) is 5.52. The van der Waals surface area contributed by atoms with E-state index in [0.29, 0.717) is 22.8 Å². The molecule has 0 fully saturated rings. The van der Waals surface area contributed by atoms with Crippen LogP contribution < -0.4 is 5.56 Å². The van der Waals surface area contributed by atoms with Crippen molar-refractivity contribution in [2.75, 3.05) is 5.75 Å². The molecule has 0 radical (unpaired) electrons. The van der Waals surface area contributed by atoms with Gasteiger partial charge in [0.1, 0.15) is 10.9 Å². The first-order valence-corrected chi connectivity index (χ1v) is 6.91. The lowest BCUT2D eigenvalue weighted by molar-refractivity contribution is -0.112. The molecular weight excluding hydrogens is 256 g/mol. The zero-order chi connectivity index (χ0) is 12.6. The van der Waals surface area contributed by atoms with E-state index in [0.717, 1.165) is 23.9 Å². The first-order valence-electron chi connectivity index (χ1n) is 5.46. The first-order chi connectivity index (χ1) is 8.06. The molecule has 1 aromatic heterocycles. The van der Waals surface area contributed by atoms with Gasteiger partial charge in [0.05, 0.1) is 11.5 Å². The maximum absolute atomic E-state index is 12.1. The summed E-state index contributed by atoms with van der Waals surface area (Å²) in [6.45, 7) is 1.77. The molecule has 1 aromatic rings. The monoisotopic (exact) mass is 270 g/mol. The van der Waals surface area contributed by atoms with Crippen molar-refractivity contribution in [2.45, 2.75) is 30.7 Å². The Morgan fingerprint density at radius 1 is 1.47 bits per heavy atom. The van der Waals surface area contributed by atoms with Crippen LogP contribution >= 0.6 is 24.4 Å². The van der Waals surface area contributed by atoms with Crippen LogP contribution in [0.4, 0.5) is 0 Å². The Kier molecular flexibility index (Phi) is 3.63. The minimum Gasteiger partial charge on any atom is -0.300 e. The van der Waals surface area contributed by atoms with Crippen molar-refractivity contribution in [1.29, 1.82) is 0 Å². The van der Waals surface area contributed by atoms with Crippen molar-refractivity contribution in [1.82, 2.24) is 9.55 Å². The van der Waals surface area contributed by atoms with Crippen molar-refractivity contribution in [3.63, 3.8) is 0 Å². The molecular formula is C11H14N2O2S2. The van der Waals surface area contributed by atoms with Gasteiger partial charge in [-0.3, -0.25) is 14.2 Å². The molecule has 2 rings (SSSR count). The number of rotatable bonds is 3. The normalized spacial score (nSPS) is 18.5. The Bertz CT molecular complexity index is 525. The third kappa shape index (κ3) is 2.15. The fraction of sp³-hybridized carbons (Fsp3) is 0.545. The Morgan fingerprint density at radius 3 is 2.82 bits per heavy atom. The fourth-order valence-corrected chi connectivity index (χ4v) is 3.19.